The highest BCUT2D eigenvalue weighted by atomic mass is 32.4. The minimum atomic E-state index is -2.64. The van der Waals surface area contributed by atoms with Crippen LogP contribution in [0.5, 0.6) is 5.75 Å². The summed E-state index contributed by atoms with van der Waals surface area (Å²) in [6.07, 6.45) is -0.465. The number of hydrogen-bond acceptors (Lipinski definition) is 4. The standard InChI is InChI=1S/C29H24NO3PS/c1-32-22-18-19-26-25(20-22)28(27(30(26)29(31)33-2)21-12-6-3-7-13-21)34(35,23-14-8-4-9-15-23)24-16-10-5-11-17-24/h3-20H,1-2H3. The third kappa shape index (κ3) is 3.87. The van der Waals surface area contributed by atoms with Gasteiger partial charge in [-0.25, -0.2) is 9.36 Å². The molecule has 0 amide bonds. The highest BCUT2D eigenvalue weighted by molar-refractivity contribution is 8.25. The van der Waals surface area contributed by atoms with Crippen molar-refractivity contribution in [1.82, 2.24) is 4.57 Å². The fraction of sp³-hybridized carbons (Fsp3) is 0.0690. The minimum Gasteiger partial charge on any atom is -0.497 e. The number of carbonyl (C=O) groups is 1. The van der Waals surface area contributed by atoms with Gasteiger partial charge in [-0.2, -0.15) is 0 Å². The molecule has 0 fully saturated rings. The van der Waals surface area contributed by atoms with E-state index in [4.69, 9.17) is 21.3 Å². The Morgan fingerprint density at radius 1 is 0.771 bits per heavy atom. The van der Waals surface area contributed by atoms with E-state index in [1.807, 2.05) is 84.9 Å². The van der Waals surface area contributed by atoms with Crippen LogP contribution in [0.3, 0.4) is 0 Å². The quantitative estimate of drug-likeness (QED) is 0.293. The van der Waals surface area contributed by atoms with Crippen molar-refractivity contribution in [2.45, 2.75) is 0 Å². The average Bonchev–Trinajstić information content (AvgIpc) is 3.28. The van der Waals surface area contributed by atoms with Gasteiger partial charge in [0.2, 0.25) is 0 Å². The topological polar surface area (TPSA) is 40.5 Å². The molecular formula is C29H24NO3PS. The Kier molecular flexibility index (Phi) is 6.29. The molecule has 0 saturated carbocycles. The van der Waals surface area contributed by atoms with Gasteiger partial charge in [-0.1, -0.05) is 103 Å². The molecular weight excluding hydrogens is 473 g/mol. The van der Waals surface area contributed by atoms with Crippen molar-refractivity contribution in [1.29, 1.82) is 0 Å². The molecule has 0 aliphatic heterocycles. The largest absolute Gasteiger partial charge is 0.497 e. The Bertz CT molecular complexity index is 1500. The third-order valence-electron chi connectivity index (χ3n) is 6.11. The molecule has 0 N–H and O–H groups in total. The van der Waals surface area contributed by atoms with E-state index in [0.29, 0.717) is 5.75 Å². The molecule has 1 aromatic heterocycles. The summed E-state index contributed by atoms with van der Waals surface area (Å²) in [5.74, 6) is 0.697. The van der Waals surface area contributed by atoms with Crippen molar-refractivity contribution in [2.75, 3.05) is 14.2 Å². The van der Waals surface area contributed by atoms with Gasteiger partial charge in [0.05, 0.1) is 25.4 Å². The van der Waals surface area contributed by atoms with Crippen LogP contribution in [-0.4, -0.2) is 24.9 Å². The first-order chi connectivity index (χ1) is 17.1. The van der Waals surface area contributed by atoms with E-state index in [0.717, 1.165) is 38.1 Å². The van der Waals surface area contributed by atoms with Crippen LogP contribution in [-0.2, 0) is 16.5 Å². The highest BCUT2D eigenvalue weighted by Crippen LogP contribution is 2.49. The van der Waals surface area contributed by atoms with Crippen molar-refractivity contribution in [2.24, 2.45) is 0 Å². The summed E-state index contributed by atoms with van der Waals surface area (Å²) >= 11 is 6.74. The Hall–Kier alpha value is -3.66. The lowest BCUT2D eigenvalue weighted by Gasteiger charge is -2.25. The molecule has 4 aromatic carbocycles. The van der Waals surface area contributed by atoms with Crippen LogP contribution in [0.25, 0.3) is 22.2 Å². The zero-order valence-electron chi connectivity index (χ0n) is 19.4. The molecule has 1 heterocycles. The third-order valence-corrected chi connectivity index (χ3v) is 11.1. The van der Waals surface area contributed by atoms with E-state index < -0.39 is 12.1 Å². The lowest BCUT2D eigenvalue weighted by Crippen LogP contribution is -2.26. The number of rotatable bonds is 5. The summed E-state index contributed by atoms with van der Waals surface area (Å²) < 4.78 is 12.5. The van der Waals surface area contributed by atoms with Crippen molar-refractivity contribution in [3.63, 3.8) is 0 Å². The number of carbonyl (C=O) groups excluding carboxylic acids is 1. The smallest absolute Gasteiger partial charge is 0.418 e. The number of hydrogen-bond donors (Lipinski definition) is 0. The molecule has 0 unspecified atom stereocenters. The van der Waals surface area contributed by atoms with Gasteiger partial charge in [0.15, 0.2) is 0 Å². The molecule has 0 spiro atoms. The summed E-state index contributed by atoms with van der Waals surface area (Å²) in [6.45, 7) is 0. The monoisotopic (exact) mass is 497 g/mol. The van der Waals surface area contributed by atoms with Crippen LogP contribution in [0, 0.1) is 0 Å². The van der Waals surface area contributed by atoms with Gasteiger partial charge >= 0.3 is 6.09 Å². The number of methoxy groups -OCH3 is 2. The summed E-state index contributed by atoms with van der Waals surface area (Å²) in [5, 5.41) is 3.91. The van der Waals surface area contributed by atoms with Crippen LogP contribution in [0.2, 0.25) is 0 Å². The van der Waals surface area contributed by atoms with E-state index in [2.05, 4.69) is 24.3 Å². The Morgan fingerprint density at radius 2 is 1.31 bits per heavy atom. The van der Waals surface area contributed by atoms with Gasteiger partial charge in [0.25, 0.3) is 0 Å². The van der Waals surface area contributed by atoms with Crippen LogP contribution in [0.4, 0.5) is 4.79 Å². The Labute approximate surface area is 209 Å². The molecule has 0 atom stereocenters. The molecule has 0 radical (unpaired) electrons. The SMILES string of the molecule is COC(=O)n1c(-c2ccccc2)c(P(=S)(c2ccccc2)c2ccccc2)c2cc(OC)ccc21. The number of aromatic nitrogens is 1. The van der Waals surface area contributed by atoms with Crippen molar-refractivity contribution in [3.8, 4) is 17.0 Å². The number of ether oxygens (including phenoxy) is 2. The fourth-order valence-electron chi connectivity index (χ4n) is 4.53. The summed E-state index contributed by atoms with van der Waals surface area (Å²) in [4.78, 5) is 13.3. The second-order valence-corrected chi connectivity index (χ2v) is 12.4. The number of benzene rings is 4. The van der Waals surface area contributed by atoms with E-state index in [9.17, 15) is 4.79 Å². The first-order valence-corrected chi connectivity index (χ1v) is 14.0. The highest BCUT2D eigenvalue weighted by Gasteiger charge is 2.35. The molecule has 35 heavy (non-hydrogen) atoms. The fourth-order valence-corrected chi connectivity index (χ4v) is 8.85. The van der Waals surface area contributed by atoms with Gasteiger partial charge in [-0.3, -0.25) is 0 Å². The normalized spacial score (nSPS) is 11.4. The van der Waals surface area contributed by atoms with Crippen LogP contribution in [0.15, 0.2) is 109 Å². The molecule has 4 nitrogen and oxygen atoms in total. The maximum Gasteiger partial charge on any atom is 0.418 e. The Balaban J connectivity index is 2.03. The van der Waals surface area contributed by atoms with Crippen molar-refractivity contribution < 1.29 is 14.3 Å². The van der Waals surface area contributed by atoms with Crippen LogP contribution in [0.1, 0.15) is 0 Å². The van der Waals surface area contributed by atoms with Gasteiger partial charge in [0.1, 0.15) is 5.75 Å². The number of fused-ring (bicyclic) bond motifs is 1. The van der Waals surface area contributed by atoms with Crippen LogP contribution < -0.4 is 20.7 Å². The zero-order valence-corrected chi connectivity index (χ0v) is 21.1. The van der Waals surface area contributed by atoms with E-state index >= 15 is 0 Å². The molecule has 0 bridgehead atoms. The first kappa shape index (κ1) is 23.1. The predicted molar refractivity (Wildman–Crippen MR) is 148 cm³/mol. The minimum absolute atomic E-state index is 0.465. The van der Waals surface area contributed by atoms with E-state index in [1.165, 1.54) is 7.11 Å². The van der Waals surface area contributed by atoms with Crippen molar-refractivity contribution in [3.05, 3.63) is 109 Å². The summed E-state index contributed by atoms with van der Waals surface area (Å²) in [7, 11) is 3.04. The van der Waals surface area contributed by atoms with E-state index in [-0.39, 0.29) is 0 Å². The van der Waals surface area contributed by atoms with Gasteiger partial charge in [-0.05, 0) is 34.4 Å². The lowest BCUT2D eigenvalue weighted by atomic mass is 10.1. The van der Waals surface area contributed by atoms with E-state index in [1.54, 1.807) is 11.7 Å². The summed E-state index contributed by atoms with van der Waals surface area (Å²) in [5.41, 5.74) is 2.37. The predicted octanol–water partition coefficient (Wildman–Crippen LogP) is 5.69. The molecule has 0 aliphatic carbocycles. The molecule has 174 valence electrons. The maximum atomic E-state index is 13.3. The average molecular weight is 498 g/mol. The van der Waals surface area contributed by atoms with Gasteiger partial charge in [0, 0.05) is 16.7 Å². The summed E-state index contributed by atoms with van der Waals surface area (Å²) in [6, 6.07) is 33.4. The second kappa shape index (κ2) is 9.53. The first-order valence-electron chi connectivity index (χ1n) is 11.2. The molecule has 5 rings (SSSR count). The molecule has 5 aromatic rings. The lowest BCUT2D eigenvalue weighted by molar-refractivity contribution is 0.174. The number of nitrogens with zero attached hydrogens (tertiary/aromatic N) is 1. The van der Waals surface area contributed by atoms with Gasteiger partial charge in [-0.15, -0.1) is 0 Å². The van der Waals surface area contributed by atoms with Crippen LogP contribution >= 0.6 is 6.04 Å². The maximum absolute atomic E-state index is 13.3. The zero-order chi connectivity index (χ0) is 24.4. The van der Waals surface area contributed by atoms with Crippen molar-refractivity contribution >= 4 is 50.8 Å². The molecule has 0 saturated heterocycles. The second-order valence-electron chi connectivity index (χ2n) is 8.03. The molecule has 0 aliphatic rings. The van der Waals surface area contributed by atoms with Gasteiger partial charge < -0.3 is 9.47 Å². The Morgan fingerprint density at radius 3 is 1.83 bits per heavy atom. The molecule has 6 heteroatoms.